The van der Waals surface area contributed by atoms with Crippen LogP contribution in [0.5, 0.6) is 0 Å². The van der Waals surface area contributed by atoms with Crippen molar-refractivity contribution in [1.82, 2.24) is 15.0 Å². The zero-order valence-electron chi connectivity index (χ0n) is 15.5. The van der Waals surface area contributed by atoms with Gasteiger partial charge in [-0.15, -0.1) is 0 Å². The molecule has 0 saturated carbocycles. The fourth-order valence-corrected chi connectivity index (χ4v) is 3.10. The van der Waals surface area contributed by atoms with Gasteiger partial charge in [-0.1, -0.05) is 73.1 Å². The minimum atomic E-state index is -0.643. The van der Waals surface area contributed by atoms with Crippen LogP contribution in [0.4, 0.5) is 0 Å². The molecule has 0 aliphatic heterocycles. The highest BCUT2D eigenvalue weighted by Crippen LogP contribution is 2.21. The van der Waals surface area contributed by atoms with Crippen molar-refractivity contribution < 1.29 is 9.32 Å². The molecule has 3 rings (SSSR count). The molecule has 1 aromatic heterocycles. The Morgan fingerprint density at radius 1 is 1.15 bits per heavy atom. The molecule has 6 nitrogen and oxygen atoms in total. The minimum Gasteiger partial charge on any atom is -0.348 e. The summed E-state index contributed by atoms with van der Waals surface area (Å²) >= 11 is 0. The third kappa shape index (κ3) is 4.34. The van der Waals surface area contributed by atoms with Crippen molar-refractivity contribution in [3.05, 3.63) is 76.3 Å². The van der Waals surface area contributed by atoms with E-state index < -0.39 is 5.76 Å². The number of amides is 1. The maximum Gasteiger partial charge on any atom is 0.442 e. The van der Waals surface area contributed by atoms with Crippen molar-refractivity contribution in [2.45, 2.75) is 39.3 Å². The predicted molar refractivity (Wildman–Crippen MR) is 103 cm³/mol. The van der Waals surface area contributed by atoms with Gasteiger partial charge in [0.25, 0.3) is 0 Å². The first-order valence-electron chi connectivity index (χ1n) is 9.07. The van der Waals surface area contributed by atoms with Crippen LogP contribution in [-0.2, 0) is 11.3 Å². The molecule has 2 aromatic carbocycles. The Hall–Kier alpha value is -3.15. The second-order valence-corrected chi connectivity index (χ2v) is 6.49. The van der Waals surface area contributed by atoms with E-state index in [9.17, 15) is 9.59 Å². The zero-order valence-corrected chi connectivity index (χ0v) is 15.5. The lowest BCUT2D eigenvalue weighted by Crippen LogP contribution is -2.34. The predicted octanol–water partition coefficient (Wildman–Crippen LogP) is 3.47. The van der Waals surface area contributed by atoms with E-state index in [0.717, 1.165) is 29.5 Å². The summed E-state index contributed by atoms with van der Waals surface area (Å²) in [4.78, 5) is 24.7. The lowest BCUT2D eigenvalue weighted by atomic mass is 10.0. The van der Waals surface area contributed by atoms with Gasteiger partial charge in [0.15, 0.2) is 5.82 Å². The Morgan fingerprint density at radius 3 is 2.56 bits per heavy atom. The highest BCUT2D eigenvalue weighted by Gasteiger charge is 2.19. The summed E-state index contributed by atoms with van der Waals surface area (Å²) in [5, 5.41) is 6.89. The van der Waals surface area contributed by atoms with Crippen molar-refractivity contribution in [2.75, 3.05) is 0 Å². The first-order valence-corrected chi connectivity index (χ1v) is 9.07. The Labute approximate surface area is 157 Å². The largest absolute Gasteiger partial charge is 0.442 e. The molecule has 6 heteroatoms. The van der Waals surface area contributed by atoms with Crippen LogP contribution in [0.3, 0.4) is 0 Å². The van der Waals surface area contributed by atoms with Gasteiger partial charge in [0.1, 0.15) is 6.54 Å². The number of hydrogen-bond acceptors (Lipinski definition) is 4. The van der Waals surface area contributed by atoms with Crippen molar-refractivity contribution in [3.8, 4) is 11.4 Å². The van der Waals surface area contributed by atoms with Crippen LogP contribution in [0.2, 0.25) is 0 Å². The van der Waals surface area contributed by atoms with E-state index in [1.54, 1.807) is 0 Å². The number of carbonyl (C=O) groups is 1. The molecule has 0 aliphatic carbocycles. The Kier molecular flexibility index (Phi) is 5.86. The highest BCUT2D eigenvalue weighted by molar-refractivity contribution is 5.77. The molecule has 0 saturated heterocycles. The van der Waals surface area contributed by atoms with Crippen LogP contribution in [-0.4, -0.2) is 15.6 Å². The van der Waals surface area contributed by atoms with Crippen LogP contribution in [0.25, 0.3) is 11.4 Å². The summed E-state index contributed by atoms with van der Waals surface area (Å²) in [7, 11) is 0. The quantitative estimate of drug-likeness (QED) is 0.695. The average molecular weight is 365 g/mol. The van der Waals surface area contributed by atoms with Gasteiger partial charge in [-0.05, 0) is 24.5 Å². The Morgan fingerprint density at radius 2 is 1.85 bits per heavy atom. The molecule has 0 aliphatic rings. The molecular weight excluding hydrogens is 342 g/mol. The summed E-state index contributed by atoms with van der Waals surface area (Å²) in [5.74, 6) is -0.535. The van der Waals surface area contributed by atoms with Crippen molar-refractivity contribution in [1.29, 1.82) is 0 Å². The number of hydrogen-bond donors (Lipinski definition) is 1. The number of benzene rings is 2. The van der Waals surface area contributed by atoms with Gasteiger partial charge in [0.05, 0.1) is 6.04 Å². The fraction of sp³-hybridized carbons (Fsp3) is 0.286. The maximum absolute atomic E-state index is 12.6. The SMILES string of the molecule is CCCC(NC(=O)Cn1c(-c2ccccc2C)noc1=O)c1ccccc1. The number of nitrogens with zero attached hydrogens (tertiary/aromatic N) is 2. The summed E-state index contributed by atoms with van der Waals surface area (Å²) in [5.41, 5.74) is 2.77. The van der Waals surface area contributed by atoms with Gasteiger partial charge in [0.2, 0.25) is 5.91 Å². The smallest absolute Gasteiger partial charge is 0.348 e. The first-order chi connectivity index (χ1) is 13.1. The maximum atomic E-state index is 12.6. The molecule has 1 heterocycles. The van der Waals surface area contributed by atoms with E-state index in [2.05, 4.69) is 17.4 Å². The molecule has 0 radical (unpaired) electrons. The lowest BCUT2D eigenvalue weighted by molar-refractivity contribution is -0.122. The summed E-state index contributed by atoms with van der Waals surface area (Å²) in [6.45, 7) is 3.85. The van der Waals surface area contributed by atoms with E-state index >= 15 is 0 Å². The third-order valence-corrected chi connectivity index (χ3v) is 4.49. The fourth-order valence-electron chi connectivity index (χ4n) is 3.10. The number of carbonyl (C=O) groups excluding carboxylic acids is 1. The molecule has 0 fully saturated rings. The average Bonchev–Trinajstić information content (AvgIpc) is 3.03. The molecule has 27 heavy (non-hydrogen) atoms. The molecule has 1 unspecified atom stereocenters. The van der Waals surface area contributed by atoms with Crippen molar-refractivity contribution in [3.63, 3.8) is 0 Å². The summed E-state index contributed by atoms with van der Waals surface area (Å²) < 4.78 is 6.09. The molecule has 3 aromatic rings. The van der Waals surface area contributed by atoms with E-state index in [1.165, 1.54) is 4.57 Å². The van der Waals surface area contributed by atoms with Gasteiger partial charge >= 0.3 is 5.76 Å². The Bertz CT molecular complexity index is 960. The third-order valence-electron chi connectivity index (χ3n) is 4.49. The zero-order chi connectivity index (χ0) is 19.2. The standard InChI is InChI=1S/C21H23N3O3/c1-3-9-18(16-11-5-4-6-12-16)22-19(25)14-24-20(23-27-21(24)26)17-13-8-7-10-15(17)2/h4-8,10-13,18H,3,9,14H2,1-2H3,(H,22,25). The van der Waals surface area contributed by atoms with Gasteiger partial charge < -0.3 is 5.32 Å². The second-order valence-electron chi connectivity index (χ2n) is 6.49. The molecule has 1 amide bonds. The van der Waals surface area contributed by atoms with Crippen LogP contribution < -0.4 is 11.1 Å². The second kappa shape index (κ2) is 8.49. The van der Waals surface area contributed by atoms with Gasteiger partial charge in [-0.3, -0.25) is 9.32 Å². The van der Waals surface area contributed by atoms with Crippen molar-refractivity contribution >= 4 is 5.91 Å². The van der Waals surface area contributed by atoms with Gasteiger partial charge in [0, 0.05) is 5.56 Å². The molecule has 0 spiro atoms. The highest BCUT2D eigenvalue weighted by atomic mass is 16.5. The van der Waals surface area contributed by atoms with E-state index in [4.69, 9.17) is 4.52 Å². The van der Waals surface area contributed by atoms with Crippen molar-refractivity contribution in [2.24, 2.45) is 0 Å². The monoisotopic (exact) mass is 365 g/mol. The van der Waals surface area contributed by atoms with Crippen LogP contribution in [0.15, 0.2) is 63.9 Å². The van der Waals surface area contributed by atoms with E-state index in [0.29, 0.717) is 5.82 Å². The molecule has 0 bridgehead atoms. The van der Waals surface area contributed by atoms with Gasteiger partial charge in [-0.2, -0.15) is 0 Å². The van der Waals surface area contributed by atoms with E-state index in [1.807, 2.05) is 61.5 Å². The molecule has 1 N–H and O–H groups in total. The Balaban J connectivity index is 1.81. The number of nitrogens with one attached hydrogen (secondary N) is 1. The van der Waals surface area contributed by atoms with Crippen LogP contribution in [0, 0.1) is 6.92 Å². The van der Waals surface area contributed by atoms with Crippen LogP contribution in [0.1, 0.15) is 36.9 Å². The number of aryl methyl sites for hydroxylation is 1. The van der Waals surface area contributed by atoms with Gasteiger partial charge in [-0.25, -0.2) is 9.36 Å². The topological polar surface area (TPSA) is 77.1 Å². The summed E-state index contributed by atoms with van der Waals surface area (Å²) in [6.07, 6.45) is 1.75. The first kappa shape index (κ1) is 18.6. The molecular formula is C21H23N3O3. The molecule has 140 valence electrons. The minimum absolute atomic E-state index is 0.0961. The van der Waals surface area contributed by atoms with Crippen LogP contribution >= 0.6 is 0 Å². The van der Waals surface area contributed by atoms with E-state index in [-0.39, 0.29) is 18.5 Å². The number of aromatic nitrogens is 2. The normalized spacial score (nSPS) is 11.9. The number of rotatable bonds is 7. The molecule has 1 atom stereocenters. The summed E-state index contributed by atoms with van der Waals surface area (Å²) in [6, 6.07) is 17.3. The lowest BCUT2D eigenvalue weighted by Gasteiger charge is -2.19.